The molecule has 2 saturated carbocycles. The van der Waals surface area contributed by atoms with Gasteiger partial charge in [-0.05, 0) is 157 Å². The van der Waals surface area contributed by atoms with Gasteiger partial charge in [-0.25, -0.2) is 19.9 Å². The zero-order chi connectivity index (χ0) is 93.0. The Morgan fingerprint density at radius 2 is 0.830 bits per heavy atom. The maximum Gasteiger partial charge on any atom is 0.297 e. The molecule has 4 saturated heterocycles. The monoisotopic (exact) mass is 1880 g/mol. The predicted molar refractivity (Wildman–Crippen MR) is 497 cm³/mol. The van der Waals surface area contributed by atoms with Crippen molar-refractivity contribution in [2.45, 2.75) is 154 Å². The van der Waals surface area contributed by atoms with Crippen molar-refractivity contribution in [3.63, 3.8) is 0 Å². The summed E-state index contributed by atoms with van der Waals surface area (Å²) >= 11 is 0. The van der Waals surface area contributed by atoms with Crippen molar-refractivity contribution in [3.05, 3.63) is 183 Å². The van der Waals surface area contributed by atoms with E-state index in [1.807, 2.05) is 13.0 Å². The summed E-state index contributed by atoms with van der Waals surface area (Å²) in [6.45, 7) is 24.6. The molecule has 8 aliphatic heterocycles. The van der Waals surface area contributed by atoms with Crippen molar-refractivity contribution in [1.82, 2.24) is 50.6 Å². The third kappa shape index (κ3) is 26.8. The Bertz CT molecular complexity index is 5540. The van der Waals surface area contributed by atoms with E-state index in [-0.39, 0.29) is 119 Å². The number of imide groups is 4. The number of aliphatic imine (C=N–C) groups is 2. The number of carbonyl (C=O) groups excluding carboxylic acids is 8. The lowest BCUT2D eigenvalue weighted by Gasteiger charge is -2.40. The van der Waals surface area contributed by atoms with Crippen LogP contribution in [-0.2, 0) is 84.5 Å². The summed E-state index contributed by atoms with van der Waals surface area (Å²) in [6.07, 6.45) is 8.04. The van der Waals surface area contributed by atoms with Crippen LogP contribution in [0.4, 0.5) is 11.6 Å². The molecule has 5 aromatic carbocycles. The number of aryl methyl sites for hydroxylation is 1. The maximum atomic E-state index is 13.0. The minimum atomic E-state index is -3.81. The standard InChI is InChI=1S/C44H53N7O10.C30H36N2O12S.C21H25N5O.2CH4/c1-29-27-50(38-25-36(46-28-47-38)40-34-24-32(61-44(2)9-10-44)4-3-30(34)26-45-40)12-11-49(29)13-14-56-15-16-57-17-18-58-19-20-59-21-22-60-31-5-6-33-35(23-31)43(55)51(42(33)54)37-7-8-39(52)48-41(37)53;1-21-2-5-23(6-3-21)45(37,38)44-19-17-42-15-13-40-11-10-39-12-14-41-16-18-43-22-4-7-24-25(20-22)30(36)32(29(24)35)26-8-9-27(33)31-28(26)34;1-14-12-26(8-7-22-14)19-10-18(24-13-25-19)20-17-9-16(27-21(2)5-6-21)4-3-15(17)11-23-20;;/h3-6,23-25,28-29,37H,7-22,26-27H2,1-2H3,(H,48,52,53);2-7,20,26H,8-19H2,1H3,(H,31,33,34);3-4,9-10,13-14,22H,5-8,11-12H2,1-2H3;2*1H4/t29-,37?;;14-;;/m0.0../s1. The number of piperidine rings is 2. The molecule has 724 valence electrons. The lowest BCUT2D eigenvalue weighted by Crippen LogP contribution is -2.54. The Hall–Kier alpha value is -11.5. The lowest BCUT2D eigenvalue weighted by atomic mass is 10.0. The second-order valence-electron chi connectivity index (χ2n) is 34.2. The predicted octanol–water partition coefficient (Wildman–Crippen LogP) is 7.89. The molecule has 38 heteroatoms. The third-order valence-corrected chi connectivity index (χ3v) is 25.4. The van der Waals surface area contributed by atoms with Crippen LogP contribution in [0.3, 0.4) is 0 Å². The number of fused-ring (bicyclic) bond motifs is 4. The minimum Gasteiger partial charge on any atom is -0.491 e. The molecule has 2 aliphatic carbocycles. The van der Waals surface area contributed by atoms with Crippen LogP contribution in [0.2, 0.25) is 0 Å². The van der Waals surface area contributed by atoms with E-state index < -0.39 is 69.5 Å². The van der Waals surface area contributed by atoms with Crippen LogP contribution in [-0.4, -0.2) is 308 Å². The fourth-order valence-electron chi connectivity index (χ4n) is 16.2. The van der Waals surface area contributed by atoms with E-state index in [1.165, 1.54) is 47.5 Å². The van der Waals surface area contributed by atoms with Crippen LogP contribution in [0.5, 0.6) is 23.0 Å². The number of nitrogens with one attached hydrogen (secondary N) is 3. The second-order valence-corrected chi connectivity index (χ2v) is 35.8. The van der Waals surface area contributed by atoms with Gasteiger partial charge in [0.15, 0.2) is 0 Å². The summed E-state index contributed by atoms with van der Waals surface area (Å²) in [5.41, 5.74) is 9.84. The fourth-order valence-corrected chi connectivity index (χ4v) is 17.1. The van der Waals surface area contributed by atoms with Gasteiger partial charge in [-0.3, -0.25) is 77.9 Å². The molecule has 2 aromatic heterocycles. The number of hydrogen-bond acceptors (Lipinski definition) is 33. The number of carbonyl (C=O) groups is 8. The Morgan fingerprint density at radius 1 is 0.430 bits per heavy atom. The quantitative estimate of drug-likeness (QED) is 0.0185. The smallest absolute Gasteiger partial charge is 0.297 e. The number of amides is 8. The van der Waals surface area contributed by atoms with Gasteiger partial charge >= 0.3 is 0 Å². The van der Waals surface area contributed by atoms with E-state index in [0.29, 0.717) is 123 Å². The van der Waals surface area contributed by atoms with Crippen LogP contribution in [0.25, 0.3) is 0 Å². The Morgan fingerprint density at radius 3 is 1.25 bits per heavy atom. The molecule has 10 aliphatic rings. The first-order valence-electron chi connectivity index (χ1n) is 45.3. The zero-order valence-electron chi connectivity index (χ0n) is 75.5. The molecule has 10 heterocycles. The molecule has 17 rings (SSSR count). The Labute approximate surface area is 786 Å². The summed E-state index contributed by atoms with van der Waals surface area (Å²) < 4.78 is 97.2. The molecular weight excluding hydrogens is 1760 g/mol. The van der Waals surface area contributed by atoms with Crippen LogP contribution in [0.1, 0.15) is 175 Å². The van der Waals surface area contributed by atoms with Crippen LogP contribution in [0.15, 0.2) is 137 Å². The molecular formula is C97H122N14O23S. The normalized spacial score (nSPS) is 19.5. The van der Waals surface area contributed by atoms with Crippen LogP contribution >= 0.6 is 0 Å². The van der Waals surface area contributed by atoms with Gasteiger partial charge in [0.25, 0.3) is 33.7 Å². The highest BCUT2D eigenvalue weighted by Gasteiger charge is 2.48. The van der Waals surface area contributed by atoms with Crippen molar-refractivity contribution in [2.24, 2.45) is 9.98 Å². The summed E-state index contributed by atoms with van der Waals surface area (Å²) in [7, 11) is -3.81. The number of benzene rings is 5. The number of anilines is 2. The first kappa shape index (κ1) is 101. The molecule has 0 bridgehead atoms. The van der Waals surface area contributed by atoms with Crippen molar-refractivity contribution in [2.75, 3.05) is 181 Å². The summed E-state index contributed by atoms with van der Waals surface area (Å²) in [5, 5.41) is 7.83. The summed E-state index contributed by atoms with van der Waals surface area (Å²) in [6, 6.07) is 31.0. The van der Waals surface area contributed by atoms with Gasteiger partial charge in [0.2, 0.25) is 23.6 Å². The van der Waals surface area contributed by atoms with E-state index in [4.69, 9.17) is 71.0 Å². The van der Waals surface area contributed by atoms with E-state index in [1.54, 1.807) is 36.9 Å². The first-order valence-corrected chi connectivity index (χ1v) is 46.7. The molecule has 8 amide bonds. The van der Waals surface area contributed by atoms with Crippen molar-refractivity contribution < 1.29 is 108 Å². The number of ether oxygens (including phenoxy) is 12. The van der Waals surface area contributed by atoms with Crippen LogP contribution in [0, 0.1) is 6.92 Å². The van der Waals surface area contributed by atoms with E-state index in [9.17, 15) is 46.8 Å². The van der Waals surface area contributed by atoms with Gasteiger partial charge in [-0.15, -0.1) is 0 Å². The number of hydrogen-bond donors (Lipinski definition) is 3. The summed E-state index contributed by atoms with van der Waals surface area (Å²) in [5.74, 6) is 0.00244. The average molecular weight is 1880 g/mol. The van der Waals surface area contributed by atoms with Gasteiger partial charge in [0, 0.05) is 94.0 Å². The number of piperazine rings is 2. The SMILES string of the molecule is C.C.C[C@H]1CN(c2cc(C3=NCc4ccc(OC5(C)CC5)cc43)ncn2)CCN1.C[C@H]1CN(c2cc(C3=NCc4ccc(OC5(C)CC5)cc43)ncn2)CCN1CCOCCOCCOCCOCCOc1ccc2c(c1)C(=O)N(C1CCC(=O)NC1=O)C2=O.Cc1ccc(S(=O)(=O)OCCOCCOCCOCCOCCOc2ccc3c(c2)C(=O)N(C2CCC(=O)NC2=O)C3=O)cc1. The number of aromatic nitrogens is 4. The van der Waals surface area contributed by atoms with E-state index >= 15 is 0 Å². The maximum absolute atomic E-state index is 13.0. The van der Waals surface area contributed by atoms with Gasteiger partial charge in [0.05, 0.1) is 175 Å². The van der Waals surface area contributed by atoms with Crippen molar-refractivity contribution >= 4 is 80.4 Å². The molecule has 7 aromatic rings. The largest absolute Gasteiger partial charge is 0.491 e. The van der Waals surface area contributed by atoms with Crippen molar-refractivity contribution in [3.8, 4) is 23.0 Å². The van der Waals surface area contributed by atoms with Gasteiger partial charge in [0.1, 0.15) is 83.8 Å². The molecule has 2 unspecified atom stereocenters. The highest BCUT2D eigenvalue weighted by Crippen LogP contribution is 2.43. The zero-order valence-corrected chi connectivity index (χ0v) is 76.3. The molecule has 3 N–H and O–H groups in total. The van der Waals surface area contributed by atoms with Gasteiger partial charge < -0.3 is 72.0 Å². The number of rotatable bonds is 44. The van der Waals surface area contributed by atoms with Gasteiger partial charge in [-0.1, -0.05) is 44.7 Å². The Balaban J connectivity index is 0.000000183. The average Bonchev–Trinajstić information content (AvgIpc) is 1.61. The second kappa shape index (κ2) is 47.3. The van der Waals surface area contributed by atoms with Crippen LogP contribution < -0.4 is 44.7 Å². The highest BCUT2D eigenvalue weighted by atomic mass is 32.2. The van der Waals surface area contributed by atoms with E-state index in [0.717, 1.165) is 144 Å². The molecule has 6 fully saturated rings. The highest BCUT2D eigenvalue weighted by molar-refractivity contribution is 7.86. The molecule has 4 atom stereocenters. The minimum absolute atomic E-state index is 0. The summed E-state index contributed by atoms with van der Waals surface area (Å²) in [4.78, 5) is 136. The molecule has 135 heavy (non-hydrogen) atoms. The molecule has 37 nitrogen and oxygen atoms in total. The van der Waals surface area contributed by atoms with Crippen molar-refractivity contribution in [1.29, 1.82) is 0 Å². The molecule has 0 radical (unpaired) electrons. The van der Waals surface area contributed by atoms with E-state index in [2.05, 4.69) is 121 Å². The lowest BCUT2D eigenvalue weighted by molar-refractivity contribution is -0.137. The number of nitrogens with zero attached hydrogens (tertiary/aromatic N) is 11. The fraction of sp³-hybridized carbons (Fsp3) is 0.505. The molecule has 0 spiro atoms. The Kier molecular flexibility index (Phi) is 35.4. The van der Waals surface area contributed by atoms with Gasteiger partial charge in [-0.2, -0.15) is 8.42 Å². The topological polar surface area (TPSA) is 419 Å². The third-order valence-electron chi connectivity index (χ3n) is 24.0. The first-order chi connectivity index (χ1) is 64.4.